The number of oxime groups is 1. The molecule has 0 spiro atoms. The van der Waals surface area contributed by atoms with Gasteiger partial charge in [0.1, 0.15) is 0 Å². The molecule has 2 heterocycles. The maximum absolute atomic E-state index is 8.80. The van der Waals surface area contributed by atoms with Gasteiger partial charge in [0, 0.05) is 38.1 Å². The van der Waals surface area contributed by atoms with E-state index in [0.29, 0.717) is 12.0 Å². The van der Waals surface area contributed by atoms with Crippen molar-refractivity contribution < 1.29 is 9.94 Å². The second-order valence-electron chi connectivity index (χ2n) is 4.61. The maximum atomic E-state index is 8.80. The summed E-state index contributed by atoms with van der Waals surface area (Å²) in [6, 6.07) is 0.585. The highest BCUT2D eigenvalue weighted by Gasteiger charge is 2.28. The Bertz CT molecular complexity index is 237. The summed E-state index contributed by atoms with van der Waals surface area (Å²) in [5.74, 6) is 0.380. The molecule has 0 bridgehead atoms. The SMILES string of the molecule is CC1CN(C2CCCOC2)CCC1=NO. The summed E-state index contributed by atoms with van der Waals surface area (Å²) >= 11 is 0. The summed E-state index contributed by atoms with van der Waals surface area (Å²) in [7, 11) is 0. The normalized spacial score (nSPS) is 37.0. The lowest BCUT2D eigenvalue weighted by Crippen LogP contribution is -2.48. The van der Waals surface area contributed by atoms with Gasteiger partial charge in [0.05, 0.1) is 12.3 Å². The van der Waals surface area contributed by atoms with Crippen LogP contribution in [0.2, 0.25) is 0 Å². The Balaban J connectivity index is 1.89. The predicted octanol–water partition coefficient (Wildman–Crippen LogP) is 1.34. The van der Waals surface area contributed by atoms with Crippen LogP contribution in [0.15, 0.2) is 5.16 Å². The maximum Gasteiger partial charge on any atom is 0.0624 e. The van der Waals surface area contributed by atoms with Gasteiger partial charge in [0.25, 0.3) is 0 Å². The molecule has 0 aromatic carbocycles. The lowest BCUT2D eigenvalue weighted by Gasteiger charge is -2.39. The first kappa shape index (κ1) is 10.9. The van der Waals surface area contributed by atoms with E-state index in [4.69, 9.17) is 9.94 Å². The van der Waals surface area contributed by atoms with Crippen molar-refractivity contribution in [3.05, 3.63) is 0 Å². The Kier molecular flexibility index (Phi) is 3.59. The molecule has 0 radical (unpaired) electrons. The van der Waals surface area contributed by atoms with Crippen molar-refractivity contribution >= 4 is 5.71 Å². The molecule has 2 saturated heterocycles. The van der Waals surface area contributed by atoms with Gasteiger partial charge >= 0.3 is 0 Å². The molecule has 2 atom stereocenters. The fourth-order valence-electron chi connectivity index (χ4n) is 2.54. The molecule has 4 nitrogen and oxygen atoms in total. The van der Waals surface area contributed by atoms with Gasteiger partial charge < -0.3 is 9.94 Å². The Morgan fingerprint density at radius 2 is 2.40 bits per heavy atom. The van der Waals surface area contributed by atoms with E-state index in [2.05, 4.69) is 17.0 Å². The van der Waals surface area contributed by atoms with Crippen molar-refractivity contribution in [2.75, 3.05) is 26.3 Å². The number of likely N-dealkylation sites (tertiary alicyclic amines) is 1. The average Bonchev–Trinajstić information content (AvgIpc) is 2.30. The second-order valence-corrected chi connectivity index (χ2v) is 4.61. The van der Waals surface area contributed by atoms with Gasteiger partial charge in [-0.3, -0.25) is 4.90 Å². The monoisotopic (exact) mass is 212 g/mol. The molecule has 4 heteroatoms. The molecular weight excluding hydrogens is 192 g/mol. The molecule has 0 saturated carbocycles. The Hall–Kier alpha value is -0.610. The summed E-state index contributed by atoms with van der Waals surface area (Å²) in [6.45, 7) is 5.94. The molecular formula is C11H20N2O2. The zero-order valence-electron chi connectivity index (χ0n) is 9.35. The third kappa shape index (κ3) is 2.49. The van der Waals surface area contributed by atoms with E-state index in [-0.39, 0.29) is 0 Å². The van der Waals surface area contributed by atoms with E-state index in [0.717, 1.165) is 38.4 Å². The average molecular weight is 212 g/mol. The van der Waals surface area contributed by atoms with Crippen LogP contribution in [0.5, 0.6) is 0 Å². The van der Waals surface area contributed by atoms with Crippen LogP contribution < -0.4 is 0 Å². The summed E-state index contributed by atoms with van der Waals surface area (Å²) < 4.78 is 5.50. The van der Waals surface area contributed by atoms with Crippen LogP contribution in [-0.4, -0.2) is 48.2 Å². The number of hydrogen-bond acceptors (Lipinski definition) is 4. The molecule has 0 aromatic heterocycles. The van der Waals surface area contributed by atoms with Crippen molar-refractivity contribution in [2.24, 2.45) is 11.1 Å². The zero-order valence-corrected chi connectivity index (χ0v) is 9.35. The van der Waals surface area contributed by atoms with Gasteiger partial charge in [-0.05, 0) is 12.8 Å². The fourth-order valence-corrected chi connectivity index (χ4v) is 2.54. The lowest BCUT2D eigenvalue weighted by atomic mass is 9.95. The van der Waals surface area contributed by atoms with Crippen molar-refractivity contribution in [3.8, 4) is 0 Å². The number of nitrogens with zero attached hydrogens (tertiary/aromatic N) is 2. The Labute approximate surface area is 90.9 Å². The molecule has 2 aliphatic rings. The lowest BCUT2D eigenvalue weighted by molar-refractivity contribution is 0.0131. The van der Waals surface area contributed by atoms with E-state index in [1.165, 1.54) is 12.8 Å². The molecule has 1 N–H and O–H groups in total. The third-order valence-electron chi connectivity index (χ3n) is 3.51. The number of ether oxygens (including phenoxy) is 1. The van der Waals surface area contributed by atoms with Crippen molar-refractivity contribution in [3.63, 3.8) is 0 Å². The zero-order chi connectivity index (χ0) is 10.7. The first-order valence-electron chi connectivity index (χ1n) is 5.84. The Morgan fingerprint density at radius 3 is 3.00 bits per heavy atom. The highest BCUT2D eigenvalue weighted by atomic mass is 16.5. The van der Waals surface area contributed by atoms with E-state index in [1.807, 2.05) is 0 Å². The molecule has 0 aliphatic carbocycles. The first-order chi connectivity index (χ1) is 7.31. The Morgan fingerprint density at radius 1 is 1.53 bits per heavy atom. The smallest absolute Gasteiger partial charge is 0.0624 e. The molecule has 15 heavy (non-hydrogen) atoms. The minimum absolute atomic E-state index is 0.380. The quantitative estimate of drug-likeness (QED) is 0.527. The second kappa shape index (κ2) is 4.94. The van der Waals surface area contributed by atoms with E-state index >= 15 is 0 Å². The van der Waals surface area contributed by atoms with E-state index in [9.17, 15) is 0 Å². The van der Waals surface area contributed by atoms with Crippen LogP contribution >= 0.6 is 0 Å². The predicted molar refractivity (Wildman–Crippen MR) is 58.4 cm³/mol. The van der Waals surface area contributed by atoms with Gasteiger partial charge in [-0.25, -0.2) is 0 Å². The van der Waals surface area contributed by atoms with Gasteiger partial charge in [-0.1, -0.05) is 12.1 Å². The van der Waals surface area contributed by atoms with Gasteiger partial charge in [-0.2, -0.15) is 0 Å². The molecule has 0 aromatic rings. The van der Waals surface area contributed by atoms with E-state index < -0.39 is 0 Å². The summed E-state index contributed by atoms with van der Waals surface area (Å²) in [5.41, 5.74) is 0.947. The minimum Gasteiger partial charge on any atom is -0.411 e. The van der Waals surface area contributed by atoms with Crippen LogP contribution in [0.4, 0.5) is 0 Å². The number of hydrogen-bond donors (Lipinski definition) is 1. The summed E-state index contributed by atoms with van der Waals surface area (Å²) in [6.07, 6.45) is 3.32. The highest BCUT2D eigenvalue weighted by Crippen LogP contribution is 2.20. The van der Waals surface area contributed by atoms with Crippen molar-refractivity contribution in [1.29, 1.82) is 0 Å². The van der Waals surface area contributed by atoms with Crippen LogP contribution in [-0.2, 0) is 4.74 Å². The molecule has 2 aliphatic heterocycles. The topological polar surface area (TPSA) is 45.1 Å². The molecule has 86 valence electrons. The van der Waals surface area contributed by atoms with Gasteiger partial charge in [0.2, 0.25) is 0 Å². The molecule has 2 rings (SSSR count). The fraction of sp³-hybridized carbons (Fsp3) is 0.909. The minimum atomic E-state index is 0.380. The van der Waals surface area contributed by atoms with Crippen LogP contribution in [0.3, 0.4) is 0 Å². The van der Waals surface area contributed by atoms with Crippen LogP contribution in [0.1, 0.15) is 26.2 Å². The van der Waals surface area contributed by atoms with Crippen LogP contribution in [0, 0.1) is 5.92 Å². The van der Waals surface area contributed by atoms with E-state index in [1.54, 1.807) is 0 Å². The number of piperidine rings is 1. The third-order valence-corrected chi connectivity index (χ3v) is 3.51. The highest BCUT2D eigenvalue weighted by molar-refractivity contribution is 5.87. The van der Waals surface area contributed by atoms with Gasteiger partial charge in [-0.15, -0.1) is 0 Å². The molecule has 2 unspecified atom stereocenters. The van der Waals surface area contributed by atoms with Gasteiger partial charge in [0.15, 0.2) is 0 Å². The summed E-state index contributed by atoms with van der Waals surface area (Å²) in [4.78, 5) is 2.48. The standard InChI is InChI=1S/C11H20N2O2/c1-9-7-13(5-4-11(9)12-14)10-3-2-6-15-8-10/h9-10,14H,2-8H2,1H3. The summed E-state index contributed by atoms with van der Waals surface area (Å²) in [5, 5.41) is 12.2. The van der Waals surface area contributed by atoms with Crippen LogP contribution in [0.25, 0.3) is 0 Å². The molecule has 0 amide bonds. The molecule has 2 fully saturated rings. The first-order valence-corrected chi connectivity index (χ1v) is 5.84. The van der Waals surface area contributed by atoms with Crippen molar-refractivity contribution in [1.82, 2.24) is 4.90 Å². The number of rotatable bonds is 1. The van der Waals surface area contributed by atoms with Crippen molar-refractivity contribution in [2.45, 2.75) is 32.2 Å². The largest absolute Gasteiger partial charge is 0.411 e.